The Kier molecular flexibility index (Phi) is 6.25. The van der Waals surface area contributed by atoms with Crippen LogP contribution in [0, 0.1) is 0 Å². The summed E-state index contributed by atoms with van der Waals surface area (Å²) in [6.45, 7) is 2.48. The Morgan fingerprint density at radius 3 is 2.50 bits per heavy atom. The first kappa shape index (κ1) is 16.2. The van der Waals surface area contributed by atoms with Gasteiger partial charge >= 0.3 is 0 Å². The van der Waals surface area contributed by atoms with Gasteiger partial charge in [0.1, 0.15) is 5.57 Å². The maximum Gasteiger partial charge on any atom is 0.256 e. The van der Waals surface area contributed by atoms with Gasteiger partial charge in [-0.15, -0.1) is 0 Å². The van der Waals surface area contributed by atoms with Gasteiger partial charge in [-0.3, -0.25) is 9.59 Å². The molecular weight excluding hydrogens is 276 g/mol. The molecule has 0 unspecified atom stereocenters. The predicted octanol–water partition coefficient (Wildman–Crippen LogP) is 2.49. The Hall–Kier alpha value is -1.81. The molecule has 0 aliphatic carbocycles. The van der Waals surface area contributed by atoms with Crippen LogP contribution in [-0.2, 0) is 4.79 Å². The van der Waals surface area contributed by atoms with Crippen molar-refractivity contribution in [2.24, 2.45) is 0 Å². The molecule has 4 nitrogen and oxygen atoms in total. The van der Waals surface area contributed by atoms with Crippen LogP contribution in [0.5, 0.6) is 0 Å². The van der Waals surface area contributed by atoms with Crippen molar-refractivity contribution < 1.29 is 9.59 Å². The van der Waals surface area contributed by atoms with E-state index in [-0.39, 0.29) is 17.3 Å². The van der Waals surface area contributed by atoms with Crippen LogP contribution >= 0.6 is 11.6 Å². The molecule has 1 amide bonds. The van der Waals surface area contributed by atoms with E-state index >= 15 is 0 Å². The van der Waals surface area contributed by atoms with Gasteiger partial charge in [-0.05, 0) is 18.6 Å². The number of hydrogen-bond donors (Lipinski definition) is 1. The molecule has 0 aliphatic rings. The summed E-state index contributed by atoms with van der Waals surface area (Å²) in [5, 5.41) is 3.05. The third-order valence-corrected chi connectivity index (χ3v) is 2.86. The number of rotatable bonds is 6. The highest BCUT2D eigenvalue weighted by Gasteiger charge is 2.21. The highest BCUT2D eigenvalue weighted by Crippen LogP contribution is 2.19. The van der Waals surface area contributed by atoms with Gasteiger partial charge in [0.15, 0.2) is 0 Å². The maximum atomic E-state index is 12.5. The van der Waals surface area contributed by atoms with Gasteiger partial charge < -0.3 is 10.2 Å². The molecule has 0 aromatic heterocycles. The van der Waals surface area contributed by atoms with E-state index in [9.17, 15) is 9.59 Å². The van der Waals surface area contributed by atoms with Crippen LogP contribution in [0.25, 0.3) is 0 Å². The number of ketones is 1. The van der Waals surface area contributed by atoms with Crippen molar-refractivity contribution in [3.8, 4) is 0 Å². The van der Waals surface area contributed by atoms with Crippen LogP contribution in [0.4, 0.5) is 0 Å². The lowest BCUT2D eigenvalue weighted by Crippen LogP contribution is -2.30. The van der Waals surface area contributed by atoms with Gasteiger partial charge in [-0.25, -0.2) is 0 Å². The Balaban J connectivity index is 3.09. The molecule has 1 aromatic rings. The third kappa shape index (κ3) is 4.38. The zero-order valence-corrected chi connectivity index (χ0v) is 12.7. The number of amides is 1. The number of hydrogen-bond acceptors (Lipinski definition) is 3. The summed E-state index contributed by atoms with van der Waals surface area (Å²) in [4.78, 5) is 26.2. The summed E-state index contributed by atoms with van der Waals surface area (Å²) < 4.78 is 0. The quantitative estimate of drug-likeness (QED) is 0.379. The van der Waals surface area contributed by atoms with Crippen LogP contribution < -0.4 is 5.32 Å². The van der Waals surface area contributed by atoms with Crippen LogP contribution in [0.3, 0.4) is 0 Å². The largest absolute Gasteiger partial charge is 0.383 e. The first-order chi connectivity index (χ1) is 9.47. The number of halogens is 1. The first-order valence-corrected chi connectivity index (χ1v) is 6.80. The molecule has 20 heavy (non-hydrogen) atoms. The lowest BCUT2D eigenvalue weighted by atomic mass is 10.0. The molecular formula is C15H19ClN2O2. The zero-order chi connectivity index (χ0) is 15.1. The molecule has 0 aliphatic heterocycles. The smallest absolute Gasteiger partial charge is 0.256 e. The Morgan fingerprint density at radius 1 is 1.30 bits per heavy atom. The van der Waals surface area contributed by atoms with Crippen LogP contribution in [0.15, 0.2) is 36.0 Å². The van der Waals surface area contributed by atoms with Crippen molar-refractivity contribution in [3.05, 3.63) is 46.6 Å². The molecule has 0 fully saturated rings. The summed E-state index contributed by atoms with van der Waals surface area (Å²) in [5.41, 5.74) is 0.408. The Bertz CT molecular complexity index is 524. The van der Waals surface area contributed by atoms with Crippen molar-refractivity contribution >= 4 is 23.3 Å². The van der Waals surface area contributed by atoms with Gasteiger partial charge in [0.25, 0.3) is 5.91 Å². The molecule has 108 valence electrons. The van der Waals surface area contributed by atoms with Crippen LogP contribution in [0.2, 0.25) is 5.02 Å². The number of Topliss-reactive ketones (excluding diaryl/α,β-unsaturated/α-hetero) is 1. The minimum absolute atomic E-state index is 0.0801. The monoisotopic (exact) mass is 294 g/mol. The van der Waals surface area contributed by atoms with E-state index in [2.05, 4.69) is 5.32 Å². The average molecular weight is 295 g/mol. The Labute approximate surface area is 124 Å². The van der Waals surface area contributed by atoms with Gasteiger partial charge in [0, 0.05) is 32.4 Å². The van der Waals surface area contributed by atoms with E-state index in [1.54, 1.807) is 43.3 Å². The minimum atomic E-state index is -0.384. The molecule has 0 saturated carbocycles. The molecule has 1 aromatic carbocycles. The molecule has 5 heteroatoms. The molecule has 0 radical (unpaired) electrons. The number of carbonyl (C=O) groups excluding carboxylic acids is 2. The highest BCUT2D eigenvalue weighted by atomic mass is 35.5. The molecule has 1 N–H and O–H groups in total. The second-order valence-corrected chi connectivity index (χ2v) is 4.98. The first-order valence-electron chi connectivity index (χ1n) is 6.43. The normalized spacial score (nSPS) is 11.1. The van der Waals surface area contributed by atoms with Crippen LogP contribution in [0.1, 0.15) is 23.7 Å². The Morgan fingerprint density at radius 2 is 1.95 bits per heavy atom. The highest BCUT2D eigenvalue weighted by molar-refractivity contribution is 6.37. The van der Waals surface area contributed by atoms with Crippen molar-refractivity contribution in [2.75, 3.05) is 20.6 Å². The maximum absolute atomic E-state index is 12.5. The molecule has 0 saturated heterocycles. The molecule has 0 atom stereocenters. The topological polar surface area (TPSA) is 49.4 Å². The number of carbonyl (C=O) groups is 2. The van der Waals surface area contributed by atoms with Crippen molar-refractivity contribution in [1.82, 2.24) is 10.2 Å². The fraction of sp³-hybridized carbons (Fsp3) is 0.333. The summed E-state index contributed by atoms with van der Waals surface area (Å²) in [6, 6.07) is 6.70. The third-order valence-electron chi connectivity index (χ3n) is 2.53. The predicted molar refractivity (Wildman–Crippen MR) is 80.9 cm³/mol. The van der Waals surface area contributed by atoms with Crippen molar-refractivity contribution in [1.29, 1.82) is 0 Å². The van der Waals surface area contributed by atoms with E-state index in [4.69, 9.17) is 11.6 Å². The zero-order valence-electron chi connectivity index (χ0n) is 11.9. The van der Waals surface area contributed by atoms with Crippen molar-refractivity contribution in [3.63, 3.8) is 0 Å². The van der Waals surface area contributed by atoms with E-state index in [0.717, 1.165) is 6.42 Å². The molecule has 0 bridgehead atoms. The molecule has 0 heterocycles. The van der Waals surface area contributed by atoms with E-state index in [0.29, 0.717) is 17.1 Å². The van der Waals surface area contributed by atoms with Crippen molar-refractivity contribution in [2.45, 2.75) is 13.3 Å². The summed E-state index contributed by atoms with van der Waals surface area (Å²) >= 11 is 6.02. The summed E-state index contributed by atoms with van der Waals surface area (Å²) in [5.74, 6) is -0.761. The number of nitrogens with zero attached hydrogens (tertiary/aromatic N) is 1. The van der Waals surface area contributed by atoms with E-state index < -0.39 is 0 Å². The average Bonchev–Trinajstić information content (AvgIpc) is 2.41. The molecule has 0 spiro atoms. The summed E-state index contributed by atoms with van der Waals surface area (Å²) in [6.07, 6.45) is 2.32. The lowest BCUT2D eigenvalue weighted by molar-refractivity contribution is -0.117. The second-order valence-electron chi connectivity index (χ2n) is 4.57. The van der Waals surface area contributed by atoms with E-state index in [1.165, 1.54) is 6.20 Å². The van der Waals surface area contributed by atoms with E-state index in [1.807, 2.05) is 6.92 Å². The fourth-order valence-corrected chi connectivity index (χ4v) is 1.82. The summed E-state index contributed by atoms with van der Waals surface area (Å²) in [7, 11) is 3.51. The van der Waals surface area contributed by atoms with Gasteiger partial charge in [0.05, 0.1) is 5.02 Å². The fourth-order valence-electron chi connectivity index (χ4n) is 1.60. The SMILES string of the molecule is CCCNC(=O)/C(=C\N(C)C)C(=O)c1ccccc1Cl. The van der Waals surface area contributed by atoms with Gasteiger partial charge in [0.2, 0.25) is 5.78 Å². The van der Waals surface area contributed by atoms with Gasteiger partial charge in [-0.2, -0.15) is 0 Å². The lowest BCUT2D eigenvalue weighted by Gasteiger charge is -2.12. The second kappa shape index (κ2) is 7.70. The van der Waals surface area contributed by atoms with Crippen LogP contribution in [-0.4, -0.2) is 37.2 Å². The molecule has 1 rings (SSSR count). The number of benzene rings is 1. The minimum Gasteiger partial charge on any atom is -0.383 e. The standard InChI is InChI=1S/C15H19ClN2O2/c1-4-9-17-15(20)12(10-18(2)3)14(19)11-7-5-6-8-13(11)16/h5-8,10H,4,9H2,1-3H3,(H,17,20)/b12-10-. The van der Waals surface area contributed by atoms with Gasteiger partial charge in [-0.1, -0.05) is 30.7 Å². The number of nitrogens with one attached hydrogen (secondary N) is 1.